The summed E-state index contributed by atoms with van der Waals surface area (Å²) < 4.78 is 6.72. The molecule has 3 nitrogen and oxygen atoms in total. The summed E-state index contributed by atoms with van der Waals surface area (Å²) in [5, 5.41) is 0. The highest BCUT2D eigenvalue weighted by Crippen LogP contribution is 2.31. The number of carbonyl (C=O) groups is 1. The number of rotatable bonds is 1. The zero-order valence-corrected chi connectivity index (χ0v) is 13.4. The minimum absolute atomic E-state index is 0.0172. The van der Waals surface area contributed by atoms with E-state index < -0.39 is 0 Å². The van der Waals surface area contributed by atoms with Crippen LogP contribution in [-0.2, 0) is 0 Å². The number of halogens is 1. The molecule has 0 N–H and O–H groups in total. The first-order valence-electron chi connectivity index (χ1n) is 6.96. The molecule has 1 aliphatic rings. The molecule has 0 aromatic heterocycles. The quantitative estimate of drug-likeness (QED) is 0.775. The second-order valence-electron chi connectivity index (χ2n) is 5.09. The molecule has 0 bridgehead atoms. The first-order chi connectivity index (χ1) is 10.2. The average Bonchev–Trinajstić information content (AvgIpc) is 2.71. The van der Waals surface area contributed by atoms with Gasteiger partial charge < -0.3 is 9.64 Å². The molecular weight excluding hydrogens is 330 g/mol. The van der Waals surface area contributed by atoms with Gasteiger partial charge >= 0.3 is 0 Å². The molecule has 0 aliphatic carbocycles. The molecule has 21 heavy (non-hydrogen) atoms. The lowest BCUT2D eigenvalue weighted by atomic mass is 10.1. The first kappa shape index (κ1) is 14.1. The van der Waals surface area contributed by atoms with Gasteiger partial charge in [0.15, 0.2) is 0 Å². The lowest BCUT2D eigenvalue weighted by Gasteiger charge is -2.22. The Hall–Kier alpha value is -1.81. The van der Waals surface area contributed by atoms with Crippen LogP contribution >= 0.6 is 15.9 Å². The molecule has 0 saturated carbocycles. The van der Waals surface area contributed by atoms with E-state index in [0.717, 1.165) is 27.9 Å². The van der Waals surface area contributed by atoms with Crippen molar-refractivity contribution in [3.8, 4) is 5.75 Å². The van der Waals surface area contributed by atoms with Gasteiger partial charge in [0.2, 0.25) is 0 Å². The van der Waals surface area contributed by atoms with Crippen LogP contribution in [0.4, 0.5) is 5.69 Å². The largest absolute Gasteiger partial charge is 0.491 e. The highest BCUT2D eigenvalue weighted by atomic mass is 79.9. The van der Waals surface area contributed by atoms with E-state index >= 15 is 0 Å². The maximum absolute atomic E-state index is 12.8. The minimum Gasteiger partial charge on any atom is -0.491 e. The first-order valence-corrected chi connectivity index (χ1v) is 7.76. The second-order valence-corrected chi connectivity index (χ2v) is 5.94. The van der Waals surface area contributed by atoms with Crippen LogP contribution in [-0.4, -0.2) is 19.1 Å². The van der Waals surface area contributed by atoms with Gasteiger partial charge in [-0.2, -0.15) is 0 Å². The fraction of sp³-hybridized carbons (Fsp3) is 0.235. The average molecular weight is 346 g/mol. The van der Waals surface area contributed by atoms with Crippen molar-refractivity contribution in [2.24, 2.45) is 0 Å². The van der Waals surface area contributed by atoms with Crippen molar-refractivity contribution in [2.75, 3.05) is 18.1 Å². The molecule has 1 aliphatic heterocycles. The lowest BCUT2D eigenvalue weighted by molar-refractivity contribution is 0.0987. The molecule has 0 radical (unpaired) electrons. The van der Waals surface area contributed by atoms with Crippen molar-refractivity contribution in [2.45, 2.75) is 13.3 Å². The molecule has 0 saturated heterocycles. The topological polar surface area (TPSA) is 29.5 Å². The van der Waals surface area contributed by atoms with Crippen molar-refractivity contribution in [1.82, 2.24) is 0 Å². The molecule has 2 aromatic rings. The SMILES string of the molecule is Cc1cc(C(=O)N2CCCOc3ccccc32)ccc1Br. The number of hydrogen-bond donors (Lipinski definition) is 0. The summed E-state index contributed by atoms with van der Waals surface area (Å²) in [5.74, 6) is 0.792. The molecule has 0 fully saturated rings. The zero-order chi connectivity index (χ0) is 14.8. The molecule has 3 rings (SSSR count). The van der Waals surface area contributed by atoms with Crippen molar-refractivity contribution in [1.29, 1.82) is 0 Å². The highest BCUT2D eigenvalue weighted by Gasteiger charge is 2.23. The van der Waals surface area contributed by atoms with Gasteiger partial charge in [-0.25, -0.2) is 0 Å². The molecule has 0 atom stereocenters. The molecule has 1 heterocycles. The Balaban J connectivity index is 1.99. The Labute approximate surface area is 132 Å². The van der Waals surface area contributed by atoms with Crippen LogP contribution in [0.25, 0.3) is 0 Å². The van der Waals surface area contributed by atoms with Gasteiger partial charge in [0, 0.05) is 16.6 Å². The normalized spacial score (nSPS) is 14.1. The number of para-hydroxylation sites is 2. The summed E-state index contributed by atoms with van der Waals surface area (Å²) >= 11 is 3.47. The van der Waals surface area contributed by atoms with E-state index in [1.807, 2.05) is 54.3 Å². The Morgan fingerprint density at radius 2 is 2.05 bits per heavy atom. The van der Waals surface area contributed by atoms with E-state index in [2.05, 4.69) is 15.9 Å². The van der Waals surface area contributed by atoms with Crippen molar-refractivity contribution in [3.63, 3.8) is 0 Å². The number of nitrogens with zero attached hydrogens (tertiary/aromatic N) is 1. The lowest BCUT2D eigenvalue weighted by Crippen LogP contribution is -2.31. The van der Waals surface area contributed by atoms with Gasteiger partial charge in [0.25, 0.3) is 5.91 Å². The number of anilines is 1. The van der Waals surface area contributed by atoms with Gasteiger partial charge in [0.1, 0.15) is 5.75 Å². The van der Waals surface area contributed by atoms with E-state index in [0.29, 0.717) is 18.7 Å². The summed E-state index contributed by atoms with van der Waals surface area (Å²) in [6.45, 7) is 3.30. The number of benzene rings is 2. The monoisotopic (exact) mass is 345 g/mol. The van der Waals surface area contributed by atoms with Crippen LogP contribution in [0, 0.1) is 6.92 Å². The number of carbonyl (C=O) groups excluding carboxylic acids is 1. The highest BCUT2D eigenvalue weighted by molar-refractivity contribution is 9.10. The Morgan fingerprint density at radius 1 is 1.24 bits per heavy atom. The minimum atomic E-state index is 0.0172. The predicted octanol–water partition coefficient (Wildman–Crippen LogP) is 4.19. The standard InChI is InChI=1S/C17H16BrNO2/c1-12-11-13(7-8-14(12)18)17(20)19-9-4-10-21-16-6-3-2-5-15(16)19/h2-3,5-8,11H,4,9-10H2,1H3. The molecular formula is C17H16BrNO2. The van der Waals surface area contributed by atoms with Crippen LogP contribution in [0.2, 0.25) is 0 Å². The van der Waals surface area contributed by atoms with Gasteiger partial charge in [0.05, 0.1) is 12.3 Å². The van der Waals surface area contributed by atoms with Crippen molar-refractivity contribution < 1.29 is 9.53 Å². The van der Waals surface area contributed by atoms with E-state index in [-0.39, 0.29) is 5.91 Å². The summed E-state index contributed by atoms with van der Waals surface area (Å²) in [6, 6.07) is 13.4. The summed E-state index contributed by atoms with van der Waals surface area (Å²) in [4.78, 5) is 14.6. The third kappa shape index (κ3) is 2.81. The van der Waals surface area contributed by atoms with Gasteiger partial charge in [-0.1, -0.05) is 28.1 Å². The number of amides is 1. The van der Waals surface area contributed by atoms with Crippen molar-refractivity contribution >= 4 is 27.5 Å². The van der Waals surface area contributed by atoms with E-state index in [4.69, 9.17) is 4.74 Å². The van der Waals surface area contributed by atoms with E-state index in [1.54, 1.807) is 0 Å². The summed E-state index contributed by atoms with van der Waals surface area (Å²) in [6.07, 6.45) is 0.829. The second kappa shape index (κ2) is 5.90. The third-order valence-electron chi connectivity index (χ3n) is 3.59. The summed E-state index contributed by atoms with van der Waals surface area (Å²) in [7, 11) is 0. The zero-order valence-electron chi connectivity index (χ0n) is 11.8. The van der Waals surface area contributed by atoms with E-state index in [1.165, 1.54) is 0 Å². The Morgan fingerprint density at radius 3 is 2.86 bits per heavy atom. The number of aryl methyl sites for hydroxylation is 1. The fourth-order valence-corrected chi connectivity index (χ4v) is 2.72. The van der Waals surface area contributed by atoms with Crippen LogP contribution in [0.3, 0.4) is 0 Å². The Bertz CT molecular complexity index is 684. The smallest absolute Gasteiger partial charge is 0.258 e. The van der Waals surface area contributed by atoms with Gasteiger partial charge in [-0.3, -0.25) is 4.79 Å². The molecule has 2 aromatic carbocycles. The predicted molar refractivity (Wildman–Crippen MR) is 87.1 cm³/mol. The maximum Gasteiger partial charge on any atom is 0.258 e. The van der Waals surface area contributed by atoms with Crippen LogP contribution in [0.15, 0.2) is 46.9 Å². The van der Waals surface area contributed by atoms with Crippen molar-refractivity contribution in [3.05, 3.63) is 58.1 Å². The molecule has 4 heteroatoms. The number of ether oxygens (including phenoxy) is 1. The maximum atomic E-state index is 12.8. The van der Waals surface area contributed by atoms with Gasteiger partial charge in [-0.05, 0) is 49.2 Å². The Kier molecular flexibility index (Phi) is 3.97. The number of hydrogen-bond acceptors (Lipinski definition) is 2. The van der Waals surface area contributed by atoms with Crippen LogP contribution < -0.4 is 9.64 Å². The molecule has 108 valence electrons. The van der Waals surface area contributed by atoms with Gasteiger partial charge in [-0.15, -0.1) is 0 Å². The fourth-order valence-electron chi connectivity index (χ4n) is 2.47. The summed E-state index contributed by atoms with van der Waals surface area (Å²) in [5.41, 5.74) is 2.60. The van der Waals surface area contributed by atoms with E-state index in [9.17, 15) is 4.79 Å². The van der Waals surface area contributed by atoms with Crippen LogP contribution in [0.1, 0.15) is 22.3 Å². The molecule has 0 spiro atoms. The third-order valence-corrected chi connectivity index (χ3v) is 4.48. The molecule has 1 amide bonds. The van der Waals surface area contributed by atoms with Crippen LogP contribution in [0.5, 0.6) is 5.75 Å². The molecule has 0 unspecified atom stereocenters. The number of fused-ring (bicyclic) bond motifs is 1.